The summed E-state index contributed by atoms with van der Waals surface area (Å²) in [6, 6.07) is 3.63. The van der Waals surface area contributed by atoms with Gasteiger partial charge in [0.1, 0.15) is 11.3 Å². The molecule has 0 amide bonds. The Morgan fingerprint density at radius 1 is 1.18 bits per heavy atom. The molecule has 4 heterocycles. The number of piperazine rings is 1. The molecule has 0 spiro atoms. The number of nitrogen functional groups attached to an aromatic ring is 1. The van der Waals surface area contributed by atoms with Gasteiger partial charge in [-0.2, -0.15) is 23.1 Å². The molecule has 4 rings (SSSR count). The number of imidazole rings is 1. The fourth-order valence-corrected chi connectivity index (χ4v) is 3.59. The third-order valence-corrected chi connectivity index (χ3v) is 5.44. The molecule has 1 aliphatic heterocycles. The smallest absolute Gasteiger partial charge is 0.389 e. The molecule has 0 radical (unpaired) electrons. The molecule has 33 heavy (non-hydrogen) atoms. The van der Waals surface area contributed by atoms with Gasteiger partial charge in [0.15, 0.2) is 11.5 Å². The van der Waals surface area contributed by atoms with E-state index in [4.69, 9.17) is 10.5 Å². The summed E-state index contributed by atoms with van der Waals surface area (Å²) in [5.41, 5.74) is 6.69. The Morgan fingerprint density at radius 2 is 1.94 bits per heavy atom. The van der Waals surface area contributed by atoms with Gasteiger partial charge in [-0.15, -0.1) is 0 Å². The number of ether oxygens (including phenoxy) is 1. The molecule has 3 N–H and O–H groups in total. The number of alkyl halides is 3. The number of nitrogens with zero attached hydrogens (tertiary/aromatic N) is 6. The fraction of sp³-hybridized carbons (Fsp3) is 0.500. The molecular weight excluding hydrogens is 441 g/mol. The Bertz CT molecular complexity index is 1150. The third kappa shape index (κ3) is 5.53. The molecule has 0 aliphatic carbocycles. The molecule has 1 fully saturated rings. The second-order valence-electron chi connectivity index (χ2n) is 7.99. The van der Waals surface area contributed by atoms with Crippen LogP contribution in [0.5, 0.6) is 6.01 Å². The number of H-pyrrole nitrogens is 1. The lowest BCUT2D eigenvalue weighted by Crippen LogP contribution is -2.44. The normalized spacial score (nSPS) is 15.3. The molecule has 0 saturated carbocycles. The molecule has 3 aromatic heterocycles. The van der Waals surface area contributed by atoms with Crippen molar-refractivity contribution in [3.8, 4) is 6.01 Å². The molecule has 13 heteroatoms. The van der Waals surface area contributed by atoms with Crippen LogP contribution in [0.15, 0.2) is 23.1 Å². The summed E-state index contributed by atoms with van der Waals surface area (Å²) < 4.78 is 43.5. The zero-order valence-electron chi connectivity index (χ0n) is 18.1. The monoisotopic (exact) mass is 466 g/mol. The van der Waals surface area contributed by atoms with E-state index in [-0.39, 0.29) is 42.6 Å². The van der Waals surface area contributed by atoms with Crippen LogP contribution in [0.4, 0.5) is 24.8 Å². The summed E-state index contributed by atoms with van der Waals surface area (Å²) in [5.74, 6) is 0.851. The summed E-state index contributed by atoms with van der Waals surface area (Å²) in [4.78, 5) is 32.2. The predicted octanol–water partition coefficient (Wildman–Crippen LogP) is 1.62. The van der Waals surface area contributed by atoms with Gasteiger partial charge in [0.05, 0.1) is 13.2 Å². The predicted molar refractivity (Wildman–Crippen MR) is 116 cm³/mol. The summed E-state index contributed by atoms with van der Waals surface area (Å²) in [6.45, 7) is 3.68. The Labute approximate surface area is 187 Å². The quantitative estimate of drug-likeness (QED) is 0.505. The van der Waals surface area contributed by atoms with Crippen LogP contribution >= 0.6 is 0 Å². The van der Waals surface area contributed by atoms with Crippen LogP contribution < -0.4 is 21.1 Å². The maximum atomic E-state index is 12.5. The van der Waals surface area contributed by atoms with E-state index >= 15 is 0 Å². The van der Waals surface area contributed by atoms with Crippen molar-refractivity contribution >= 4 is 22.8 Å². The van der Waals surface area contributed by atoms with Crippen molar-refractivity contribution in [1.29, 1.82) is 0 Å². The third-order valence-electron chi connectivity index (χ3n) is 5.44. The second-order valence-corrected chi connectivity index (χ2v) is 7.99. The van der Waals surface area contributed by atoms with Crippen molar-refractivity contribution < 1.29 is 17.9 Å². The lowest BCUT2D eigenvalue weighted by Gasteiger charge is -2.33. The maximum Gasteiger partial charge on any atom is 0.389 e. The van der Waals surface area contributed by atoms with Gasteiger partial charge in [-0.25, -0.2) is 9.78 Å². The minimum atomic E-state index is -4.26. The highest BCUT2D eigenvalue weighted by atomic mass is 19.4. The minimum Gasteiger partial charge on any atom is -0.463 e. The van der Waals surface area contributed by atoms with Crippen molar-refractivity contribution in [2.24, 2.45) is 0 Å². The number of pyridine rings is 1. The van der Waals surface area contributed by atoms with E-state index in [2.05, 4.69) is 36.8 Å². The van der Waals surface area contributed by atoms with Gasteiger partial charge in [0, 0.05) is 38.8 Å². The van der Waals surface area contributed by atoms with Crippen LogP contribution in [0, 0.1) is 0 Å². The number of aromatic nitrogens is 5. The van der Waals surface area contributed by atoms with Gasteiger partial charge in [-0.05, 0) is 25.1 Å². The second kappa shape index (κ2) is 9.25. The van der Waals surface area contributed by atoms with Crippen LogP contribution in [0.1, 0.15) is 18.4 Å². The minimum absolute atomic E-state index is 0.0230. The van der Waals surface area contributed by atoms with Gasteiger partial charge in [-0.3, -0.25) is 4.57 Å². The first-order valence-corrected chi connectivity index (χ1v) is 10.5. The number of likely N-dealkylation sites (N-methyl/N-ethyl adjacent to an activating group) is 1. The maximum absolute atomic E-state index is 12.5. The average molecular weight is 466 g/mol. The number of aromatic amines is 1. The molecule has 3 aromatic rings. The summed E-state index contributed by atoms with van der Waals surface area (Å²) in [5, 5.41) is 0. The molecule has 1 saturated heterocycles. The van der Waals surface area contributed by atoms with Gasteiger partial charge in [0.25, 0.3) is 0 Å². The average Bonchev–Trinajstić information content (AvgIpc) is 3.08. The standard InChI is InChI=1S/C20H25F3N8O2/c1-29-6-8-30(9-7-29)14-4-3-13(11-25-14)12-31-17-15(26-19(31)32)16(24)27-18(28-17)33-10-2-5-20(21,22)23/h3-4,11H,2,5-10,12H2,1H3,(H,26,32)(H2,24,27,28). The molecule has 1 aliphatic rings. The molecular formula is C20H25F3N8O2. The van der Waals surface area contributed by atoms with Gasteiger partial charge >= 0.3 is 17.9 Å². The Kier molecular flexibility index (Phi) is 6.40. The van der Waals surface area contributed by atoms with Gasteiger partial charge in [-0.1, -0.05) is 6.07 Å². The number of anilines is 2. The highest BCUT2D eigenvalue weighted by Crippen LogP contribution is 2.22. The summed E-state index contributed by atoms with van der Waals surface area (Å²) in [6.07, 6.45) is -3.77. The molecule has 0 bridgehead atoms. The number of rotatable bonds is 7. The van der Waals surface area contributed by atoms with Crippen molar-refractivity contribution in [3.05, 3.63) is 34.4 Å². The van der Waals surface area contributed by atoms with Crippen molar-refractivity contribution in [3.63, 3.8) is 0 Å². The van der Waals surface area contributed by atoms with E-state index in [0.29, 0.717) is 0 Å². The largest absolute Gasteiger partial charge is 0.463 e. The van der Waals surface area contributed by atoms with Crippen LogP contribution in [0.2, 0.25) is 0 Å². The van der Waals surface area contributed by atoms with Crippen LogP contribution in [-0.4, -0.2) is 75.4 Å². The van der Waals surface area contributed by atoms with E-state index in [1.165, 1.54) is 4.57 Å². The molecule has 0 atom stereocenters. The number of fused-ring (bicyclic) bond motifs is 1. The van der Waals surface area contributed by atoms with E-state index < -0.39 is 18.3 Å². The fourth-order valence-electron chi connectivity index (χ4n) is 3.59. The van der Waals surface area contributed by atoms with Crippen molar-refractivity contribution in [1.82, 2.24) is 29.4 Å². The summed E-state index contributed by atoms with van der Waals surface area (Å²) >= 11 is 0. The van der Waals surface area contributed by atoms with Crippen LogP contribution in [0.25, 0.3) is 11.2 Å². The van der Waals surface area contributed by atoms with E-state index in [1.54, 1.807) is 6.20 Å². The topological polar surface area (TPSA) is 118 Å². The molecule has 0 unspecified atom stereocenters. The van der Waals surface area contributed by atoms with Crippen LogP contribution in [-0.2, 0) is 6.54 Å². The van der Waals surface area contributed by atoms with Crippen molar-refractivity contribution in [2.45, 2.75) is 25.6 Å². The first kappa shape index (κ1) is 22.8. The molecule has 0 aromatic carbocycles. The number of halogens is 3. The first-order chi connectivity index (χ1) is 15.7. The molecule has 178 valence electrons. The zero-order chi connectivity index (χ0) is 23.6. The Hall–Kier alpha value is -3.35. The van der Waals surface area contributed by atoms with Crippen molar-refractivity contribution in [2.75, 3.05) is 50.5 Å². The summed E-state index contributed by atoms with van der Waals surface area (Å²) in [7, 11) is 2.09. The number of nitrogens with one attached hydrogen (secondary N) is 1. The lowest BCUT2D eigenvalue weighted by molar-refractivity contribution is -0.136. The Balaban J connectivity index is 1.49. The van der Waals surface area contributed by atoms with E-state index in [1.807, 2.05) is 12.1 Å². The van der Waals surface area contributed by atoms with Gasteiger partial charge in [0.2, 0.25) is 0 Å². The molecule has 10 nitrogen and oxygen atoms in total. The number of hydrogen-bond acceptors (Lipinski definition) is 8. The first-order valence-electron chi connectivity index (χ1n) is 10.5. The van der Waals surface area contributed by atoms with E-state index in [0.717, 1.165) is 37.6 Å². The van der Waals surface area contributed by atoms with Gasteiger partial charge < -0.3 is 25.3 Å². The lowest BCUT2D eigenvalue weighted by atomic mass is 10.2. The number of hydrogen-bond donors (Lipinski definition) is 2. The SMILES string of the molecule is CN1CCN(c2ccc(Cn3c(=O)[nH]c4c(N)nc(OCCCC(F)(F)F)nc43)cn2)CC1. The van der Waals surface area contributed by atoms with Crippen LogP contribution in [0.3, 0.4) is 0 Å². The number of nitrogens with two attached hydrogens (primary N) is 1. The Morgan fingerprint density at radius 3 is 2.61 bits per heavy atom. The zero-order valence-corrected chi connectivity index (χ0v) is 18.1. The van der Waals surface area contributed by atoms with E-state index in [9.17, 15) is 18.0 Å². The highest BCUT2D eigenvalue weighted by molar-refractivity contribution is 5.81. The highest BCUT2D eigenvalue weighted by Gasteiger charge is 2.26.